The van der Waals surface area contributed by atoms with E-state index >= 15 is 0 Å². The van der Waals surface area contributed by atoms with Crippen LogP contribution in [-0.4, -0.2) is 37.1 Å². The minimum Gasteiger partial charge on any atom is -0.435 e. The van der Waals surface area contributed by atoms with Crippen LogP contribution in [0.2, 0.25) is 0 Å². The molecule has 1 aromatic rings. The highest BCUT2D eigenvalue weighted by molar-refractivity contribution is 5.94. The molecule has 4 nitrogen and oxygen atoms in total. The van der Waals surface area contributed by atoms with Crippen LogP contribution in [0.15, 0.2) is 24.3 Å². The highest BCUT2D eigenvalue weighted by atomic mass is 19.3. The summed E-state index contributed by atoms with van der Waals surface area (Å²) in [7, 11) is 0. The van der Waals surface area contributed by atoms with Crippen molar-refractivity contribution < 1.29 is 18.3 Å². The van der Waals surface area contributed by atoms with E-state index in [1.807, 2.05) is 0 Å². The van der Waals surface area contributed by atoms with Crippen LogP contribution >= 0.6 is 0 Å². The van der Waals surface area contributed by atoms with Crippen molar-refractivity contribution in [3.63, 3.8) is 0 Å². The molecule has 1 saturated heterocycles. The Balaban J connectivity index is 2.03. The first-order valence-corrected chi connectivity index (χ1v) is 6.48. The quantitative estimate of drug-likeness (QED) is 0.921. The van der Waals surface area contributed by atoms with Gasteiger partial charge >= 0.3 is 6.61 Å². The number of halogens is 2. The van der Waals surface area contributed by atoms with Crippen molar-refractivity contribution in [2.45, 2.75) is 20.0 Å². The predicted octanol–water partition coefficient (Wildman–Crippen LogP) is 2.10. The number of amides is 1. The van der Waals surface area contributed by atoms with E-state index in [1.165, 1.54) is 24.3 Å². The first-order chi connectivity index (χ1) is 9.43. The number of hydrogen-bond donors (Lipinski definition) is 1. The standard InChI is InChI=1S/C14H18F2N2O2/c1-14(8-17)6-7-18(9-14)12(19)10-2-4-11(5-3-10)20-13(15)16/h2-5,13H,6-9,17H2,1H3. The summed E-state index contributed by atoms with van der Waals surface area (Å²) in [6, 6.07) is 5.74. The maximum atomic E-state index is 12.3. The molecule has 20 heavy (non-hydrogen) atoms. The molecular formula is C14H18F2N2O2. The number of carbonyl (C=O) groups excluding carboxylic acids is 1. The van der Waals surface area contributed by atoms with Gasteiger partial charge in [-0.1, -0.05) is 6.92 Å². The largest absolute Gasteiger partial charge is 0.435 e. The van der Waals surface area contributed by atoms with Crippen LogP contribution in [0, 0.1) is 5.41 Å². The molecule has 1 unspecified atom stereocenters. The molecule has 1 heterocycles. The van der Waals surface area contributed by atoms with Crippen molar-refractivity contribution >= 4 is 5.91 Å². The number of carbonyl (C=O) groups is 1. The highest BCUT2D eigenvalue weighted by Gasteiger charge is 2.35. The van der Waals surface area contributed by atoms with Crippen LogP contribution in [0.5, 0.6) is 5.75 Å². The highest BCUT2D eigenvalue weighted by Crippen LogP contribution is 2.29. The fourth-order valence-corrected chi connectivity index (χ4v) is 2.33. The normalized spacial score (nSPS) is 22.4. The zero-order chi connectivity index (χ0) is 14.8. The number of likely N-dealkylation sites (tertiary alicyclic amines) is 1. The van der Waals surface area contributed by atoms with E-state index in [0.29, 0.717) is 25.2 Å². The number of ether oxygens (including phenoxy) is 1. The van der Waals surface area contributed by atoms with Gasteiger partial charge in [0.05, 0.1) is 0 Å². The van der Waals surface area contributed by atoms with Gasteiger partial charge in [0.15, 0.2) is 0 Å². The molecule has 1 aromatic carbocycles. The smallest absolute Gasteiger partial charge is 0.387 e. The number of alkyl halides is 2. The minimum absolute atomic E-state index is 0.0333. The molecule has 0 spiro atoms. The Morgan fingerprint density at radius 3 is 2.60 bits per heavy atom. The lowest BCUT2D eigenvalue weighted by molar-refractivity contribution is -0.0498. The van der Waals surface area contributed by atoms with Crippen LogP contribution < -0.4 is 10.5 Å². The summed E-state index contributed by atoms with van der Waals surface area (Å²) in [6.45, 7) is 1.03. The Bertz CT molecular complexity index is 479. The van der Waals surface area contributed by atoms with Crippen molar-refractivity contribution in [2.24, 2.45) is 11.1 Å². The first-order valence-electron chi connectivity index (χ1n) is 6.48. The van der Waals surface area contributed by atoms with Gasteiger partial charge in [-0.15, -0.1) is 0 Å². The van der Waals surface area contributed by atoms with Gasteiger partial charge in [-0.3, -0.25) is 4.79 Å². The Labute approximate surface area is 116 Å². The molecule has 110 valence electrons. The lowest BCUT2D eigenvalue weighted by atomic mass is 9.90. The second kappa shape index (κ2) is 5.75. The Kier molecular flexibility index (Phi) is 4.23. The van der Waals surface area contributed by atoms with Crippen molar-refractivity contribution in [3.05, 3.63) is 29.8 Å². The third-order valence-electron chi connectivity index (χ3n) is 3.66. The van der Waals surface area contributed by atoms with Crippen molar-refractivity contribution in [3.8, 4) is 5.75 Å². The fourth-order valence-electron chi connectivity index (χ4n) is 2.33. The third-order valence-corrected chi connectivity index (χ3v) is 3.66. The van der Waals surface area contributed by atoms with E-state index in [9.17, 15) is 13.6 Å². The van der Waals surface area contributed by atoms with Gasteiger partial charge in [-0.2, -0.15) is 8.78 Å². The Morgan fingerprint density at radius 2 is 2.10 bits per heavy atom. The van der Waals surface area contributed by atoms with Gasteiger partial charge < -0.3 is 15.4 Å². The molecule has 0 saturated carbocycles. The molecule has 1 atom stereocenters. The molecule has 6 heteroatoms. The van der Waals surface area contributed by atoms with E-state index in [4.69, 9.17) is 5.73 Å². The summed E-state index contributed by atoms with van der Waals surface area (Å²) >= 11 is 0. The van der Waals surface area contributed by atoms with Crippen molar-refractivity contribution in [1.82, 2.24) is 4.90 Å². The first kappa shape index (κ1) is 14.7. The zero-order valence-corrected chi connectivity index (χ0v) is 11.3. The van der Waals surface area contributed by atoms with Crippen molar-refractivity contribution in [2.75, 3.05) is 19.6 Å². The zero-order valence-electron chi connectivity index (χ0n) is 11.3. The third kappa shape index (κ3) is 3.25. The number of nitrogens with zero attached hydrogens (tertiary/aromatic N) is 1. The molecule has 1 amide bonds. The molecule has 1 fully saturated rings. The maximum absolute atomic E-state index is 12.3. The van der Waals surface area contributed by atoms with E-state index in [1.54, 1.807) is 4.90 Å². The molecule has 1 aliphatic heterocycles. The number of hydrogen-bond acceptors (Lipinski definition) is 3. The van der Waals surface area contributed by atoms with Gasteiger partial charge in [0, 0.05) is 18.7 Å². The summed E-state index contributed by atoms with van der Waals surface area (Å²) < 4.78 is 28.3. The van der Waals surface area contributed by atoms with Crippen LogP contribution in [0.25, 0.3) is 0 Å². The summed E-state index contributed by atoms with van der Waals surface area (Å²) in [5, 5.41) is 0. The SMILES string of the molecule is CC1(CN)CCN(C(=O)c2ccc(OC(F)F)cc2)C1. The van der Waals surface area contributed by atoms with E-state index in [0.717, 1.165) is 6.42 Å². The Morgan fingerprint density at radius 1 is 1.45 bits per heavy atom. The number of benzene rings is 1. The topological polar surface area (TPSA) is 55.6 Å². The summed E-state index contributed by atoms with van der Waals surface area (Å²) in [4.78, 5) is 14.0. The van der Waals surface area contributed by atoms with Crippen LogP contribution in [0.1, 0.15) is 23.7 Å². The fraction of sp³-hybridized carbons (Fsp3) is 0.500. The molecule has 0 radical (unpaired) electrons. The minimum atomic E-state index is -2.86. The average molecular weight is 284 g/mol. The van der Waals surface area contributed by atoms with E-state index < -0.39 is 6.61 Å². The second-order valence-corrected chi connectivity index (χ2v) is 5.39. The van der Waals surface area contributed by atoms with Crippen molar-refractivity contribution in [1.29, 1.82) is 0 Å². The predicted molar refractivity (Wildman–Crippen MR) is 70.8 cm³/mol. The molecule has 2 rings (SSSR count). The molecule has 0 aromatic heterocycles. The number of rotatable bonds is 4. The van der Waals surface area contributed by atoms with Crippen LogP contribution in [0.3, 0.4) is 0 Å². The summed E-state index contributed by atoms with van der Waals surface area (Å²) in [5.74, 6) is -0.0597. The lowest BCUT2D eigenvalue weighted by Crippen LogP contribution is -2.34. The molecule has 2 N–H and O–H groups in total. The molecule has 0 aliphatic carbocycles. The molecule has 1 aliphatic rings. The Hall–Kier alpha value is -1.69. The van der Waals surface area contributed by atoms with E-state index in [2.05, 4.69) is 11.7 Å². The number of nitrogens with two attached hydrogens (primary N) is 1. The summed E-state index contributed by atoms with van der Waals surface area (Å²) in [5.41, 5.74) is 6.14. The monoisotopic (exact) mass is 284 g/mol. The second-order valence-electron chi connectivity index (χ2n) is 5.39. The van der Waals surface area contributed by atoms with Crippen LogP contribution in [-0.2, 0) is 0 Å². The summed E-state index contributed by atoms with van der Waals surface area (Å²) in [6.07, 6.45) is 0.877. The average Bonchev–Trinajstić information content (AvgIpc) is 2.82. The molecule has 0 bridgehead atoms. The van der Waals surface area contributed by atoms with Gasteiger partial charge in [0.25, 0.3) is 5.91 Å². The van der Waals surface area contributed by atoms with E-state index in [-0.39, 0.29) is 17.1 Å². The molecular weight excluding hydrogens is 266 g/mol. The van der Waals surface area contributed by atoms with Gasteiger partial charge in [0.1, 0.15) is 5.75 Å². The maximum Gasteiger partial charge on any atom is 0.387 e. The lowest BCUT2D eigenvalue weighted by Gasteiger charge is -2.22. The van der Waals surface area contributed by atoms with Crippen LogP contribution in [0.4, 0.5) is 8.78 Å². The van der Waals surface area contributed by atoms with Gasteiger partial charge in [-0.25, -0.2) is 0 Å². The van der Waals surface area contributed by atoms with Gasteiger partial charge in [0.2, 0.25) is 0 Å². The van der Waals surface area contributed by atoms with Gasteiger partial charge in [-0.05, 0) is 42.6 Å².